The molecule has 2 aromatic rings. The maximum Gasteiger partial charge on any atom is 0.496 e. The molecule has 0 atom stereocenters. The van der Waals surface area contributed by atoms with Gasteiger partial charge in [0.05, 0.1) is 11.2 Å². The second-order valence-corrected chi connectivity index (χ2v) is 5.89. The summed E-state index contributed by atoms with van der Waals surface area (Å²) in [6.45, 7) is 8.12. The molecule has 1 aliphatic heterocycles. The fourth-order valence-electron chi connectivity index (χ4n) is 2.04. The predicted molar refractivity (Wildman–Crippen MR) is 72.0 cm³/mol. The summed E-state index contributed by atoms with van der Waals surface area (Å²) in [5.74, 6) is 0. The molecular weight excluding hydrogens is 243 g/mol. The van der Waals surface area contributed by atoms with Gasteiger partial charge in [0, 0.05) is 18.7 Å². The monoisotopic (exact) mass is 260 g/mol. The van der Waals surface area contributed by atoms with Gasteiger partial charge < -0.3 is 9.31 Å². The van der Waals surface area contributed by atoms with Crippen molar-refractivity contribution in [1.29, 1.82) is 0 Å². The maximum absolute atomic E-state index is 5.99. The zero-order valence-corrected chi connectivity index (χ0v) is 11.8. The van der Waals surface area contributed by atoms with Gasteiger partial charge in [-0.1, -0.05) is 0 Å². The molecule has 0 saturated carbocycles. The molecule has 0 amide bonds. The van der Waals surface area contributed by atoms with Crippen LogP contribution in [0, 0.1) is 0 Å². The SMILES string of the molecule is Cn1nc2cc(B3OC(C)(C)C(C)(C)O3)cnc2n1. The fourth-order valence-corrected chi connectivity index (χ4v) is 2.04. The minimum absolute atomic E-state index is 0.352. The largest absolute Gasteiger partial charge is 0.496 e. The van der Waals surface area contributed by atoms with E-state index < -0.39 is 7.12 Å². The van der Waals surface area contributed by atoms with E-state index in [2.05, 4.69) is 15.2 Å². The summed E-state index contributed by atoms with van der Waals surface area (Å²) < 4.78 is 12.0. The van der Waals surface area contributed by atoms with Crippen LogP contribution in [0.2, 0.25) is 0 Å². The van der Waals surface area contributed by atoms with Crippen molar-refractivity contribution in [3.63, 3.8) is 0 Å². The number of aryl methyl sites for hydroxylation is 1. The summed E-state index contributed by atoms with van der Waals surface area (Å²) >= 11 is 0. The van der Waals surface area contributed by atoms with Gasteiger partial charge in [0.15, 0.2) is 0 Å². The molecule has 3 rings (SSSR count). The van der Waals surface area contributed by atoms with Crippen molar-refractivity contribution in [2.45, 2.75) is 38.9 Å². The zero-order valence-electron chi connectivity index (χ0n) is 11.8. The quantitative estimate of drug-likeness (QED) is 0.705. The third kappa shape index (κ3) is 1.93. The molecule has 1 saturated heterocycles. The molecule has 100 valence electrons. The van der Waals surface area contributed by atoms with Crippen LogP contribution in [0.25, 0.3) is 11.2 Å². The third-order valence-electron chi connectivity index (χ3n) is 3.89. The molecule has 0 unspecified atom stereocenters. The summed E-state index contributed by atoms with van der Waals surface area (Å²) in [5, 5.41) is 8.40. The molecule has 0 radical (unpaired) electrons. The summed E-state index contributed by atoms with van der Waals surface area (Å²) in [6, 6.07) is 1.91. The normalized spacial score (nSPS) is 21.2. The highest BCUT2D eigenvalue weighted by Gasteiger charge is 2.51. The summed E-state index contributed by atoms with van der Waals surface area (Å²) in [6.07, 6.45) is 1.74. The van der Waals surface area contributed by atoms with Gasteiger partial charge >= 0.3 is 7.12 Å². The fraction of sp³-hybridized carbons (Fsp3) is 0.583. The van der Waals surface area contributed by atoms with Crippen LogP contribution in [0.15, 0.2) is 12.3 Å². The predicted octanol–water partition coefficient (Wildman–Crippen LogP) is 0.662. The Balaban J connectivity index is 1.97. The van der Waals surface area contributed by atoms with Crippen LogP contribution < -0.4 is 5.46 Å². The van der Waals surface area contributed by atoms with Gasteiger partial charge in [-0.05, 0) is 33.8 Å². The lowest BCUT2D eigenvalue weighted by Gasteiger charge is -2.32. The maximum atomic E-state index is 5.99. The number of rotatable bonds is 1. The molecule has 2 aromatic heterocycles. The molecule has 0 N–H and O–H groups in total. The van der Waals surface area contributed by atoms with E-state index in [1.165, 1.54) is 4.80 Å². The Morgan fingerprint density at radius 2 is 1.74 bits per heavy atom. The van der Waals surface area contributed by atoms with E-state index in [4.69, 9.17) is 9.31 Å². The minimum Gasteiger partial charge on any atom is -0.399 e. The lowest BCUT2D eigenvalue weighted by atomic mass is 9.80. The van der Waals surface area contributed by atoms with E-state index in [9.17, 15) is 0 Å². The molecule has 7 heteroatoms. The molecule has 0 bridgehead atoms. The summed E-state index contributed by atoms with van der Waals surface area (Å²) in [7, 11) is 1.36. The molecule has 0 spiro atoms. The number of hydrogen-bond acceptors (Lipinski definition) is 5. The molecule has 3 heterocycles. The Morgan fingerprint density at radius 1 is 1.11 bits per heavy atom. The molecule has 19 heavy (non-hydrogen) atoms. The summed E-state index contributed by atoms with van der Waals surface area (Å²) in [4.78, 5) is 5.79. The van der Waals surface area contributed by atoms with Crippen molar-refractivity contribution in [3.8, 4) is 0 Å². The van der Waals surface area contributed by atoms with E-state index in [1.807, 2.05) is 33.8 Å². The van der Waals surface area contributed by atoms with Gasteiger partial charge in [0.2, 0.25) is 5.65 Å². The second-order valence-electron chi connectivity index (χ2n) is 5.89. The summed E-state index contributed by atoms with van der Waals surface area (Å²) in [5.41, 5.74) is 1.54. The first-order chi connectivity index (χ1) is 8.78. The lowest BCUT2D eigenvalue weighted by molar-refractivity contribution is 0.00578. The first kappa shape index (κ1) is 12.6. The number of aromatic nitrogens is 4. The van der Waals surface area contributed by atoms with Crippen LogP contribution in [0.3, 0.4) is 0 Å². The zero-order chi connectivity index (χ0) is 13.8. The van der Waals surface area contributed by atoms with Gasteiger partial charge in [0.25, 0.3) is 0 Å². The van der Waals surface area contributed by atoms with E-state index >= 15 is 0 Å². The number of fused-ring (bicyclic) bond motifs is 1. The third-order valence-corrected chi connectivity index (χ3v) is 3.89. The standard InChI is InChI=1S/C12H17BN4O2/c1-11(2)12(3,4)19-13(18-11)8-6-9-10(14-7-8)16-17(5)15-9/h6-7H,1-5H3. The van der Waals surface area contributed by atoms with E-state index in [-0.39, 0.29) is 11.2 Å². The van der Waals surface area contributed by atoms with Crippen molar-refractivity contribution in [2.75, 3.05) is 0 Å². The Morgan fingerprint density at radius 3 is 2.37 bits per heavy atom. The second kappa shape index (κ2) is 3.77. The van der Waals surface area contributed by atoms with E-state index in [1.54, 1.807) is 13.2 Å². The molecular formula is C12H17BN4O2. The van der Waals surface area contributed by atoms with E-state index in [0.29, 0.717) is 5.65 Å². The van der Waals surface area contributed by atoms with Crippen LogP contribution >= 0.6 is 0 Å². The van der Waals surface area contributed by atoms with Gasteiger partial charge in [-0.3, -0.25) is 0 Å². The lowest BCUT2D eigenvalue weighted by Crippen LogP contribution is -2.41. The van der Waals surface area contributed by atoms with Crippen molar-refractivity contribution in [1.82, 2.24) is 20.0 Å². The Labute approximate surface area is 112 Å². The van der Waals surface area contributed by atoms with Crippen molar-refractivity contribution >= 4 is 23.7 Å². The molecule has 0 aliphatic carbocycles. The average Bonchev–Trinajstić information content (AvgIpc) is 2.74. The van der Waals surface area contributed by atoms with Crippen molar-refractivity contribution in [3.05, 3.63) is 12.3 Å². The number of pyridine rings is 1. The van der Waals surface area contributed by atoms with E-state index in [0.717, 1.165) is 11.0 Å². The molecule has 0 aromatic carbocycles. The van der Waals surface area contributed by atoms with Crippen LogP contribution in [-0.2, 0) is 16.4 Å². The topological polar surface area (TPSA) is 62.1 Å². The highest BCUT2D eigenvalue weighted by atomic mass is 16.7. The Bertz CT molecular complexity index is 622. The van der Waals surface area contributed by atoms with Gasteiger partial charge in [-0.25, -0.2) is 4.98 Å². The average molecular weight is 260 g/mol. The van der Waals surface area contributed by atoms with Crippen LogP contribution in [-0.4, -0.2) is 38.3 Å². The highest BCUT2D eigenvalue weighted by Crippen LogP contribution is 2.36. The van der Waals surface area contributed by atoms with Crippen molar-refractivity contribution < 1.29 is 9.31 Å². The first-order valence-electron chi connectivity index (χ1n) is 6.31. The van der Waals surface area contributed by atoms with Crippen LogP contribution in [0.5, 0.6) is 0 Å². The van der Waals surface area contributed by atoms with Gasteiger partial charge in [-0.15, -0.1) is 5.10 Å². The molecule has 1 aliphatic rings. The first-order valence-corrected chi connectivity index (χ1v) is 6.31. The highest BCUT2D eigenvalue weighted by molar-refractivity contribution is 6.62. The number of nitrogens with zero attached hydrogens (tertiary/aromatic N) is 4. The Hall–Kier alpha value is -1.47. The smallest absolute Gasteiger partial charge is 0.399 e. The molecule has 6 nitrogen and oxygen atoms in total. The minimum atomic E-state index is -0.413. The van der Waals surface area contributed by atoms with Gasteiger partial charge in [-0.2, -0.15) is 9.90 Å². The molecule has 1 fully saturated rings. The van der Waals surface area contributed by atoms with Crippen LogP contribution in [0.4, 0.5) is 0 Å². The van der Waals surface area contributed by atoms with Crippen molar-refractivity contribution in [2.24, 2.45) is 7.05 Å². The number of hydrogen-bond donors (Lipinski definition) is 0. The Kier molecular flexibility index (Phi) is 2.49. The van der Waals surface area contributed by atoms with Gasteiger partial charge in [0.1, 0.15) is 5.52 Å². The van der Waals surface area contributed by atoms with Crippen LogP contribution in [0.1, 0.15) is 27.7 Å².